The van der Waals surface area contributed by atoms with Crippen molar-refractivity contribution >= 4 is 35.1 Å². The van der Waals surface area contributed by atoms with Crippen molar-refractivity contribution in [1.29, 1.82) is 0 Å². The fourth-order valence-corrected chi connectivity index (χ4v) is 3.07. The number of rotatable bonds is 3. The van der Waals surface area contributed by atoms with E-state index in [0.29, 0.717) is 15.6 Å². The Bertz CT molecular complexity index is 556. The standard InChI is InChI=1S/C14H15Cl2NO4/c1-7(2)17-11(18)6-21-13(14(19)20)12(17)8-3-9(15)5-10(16)4-8/h3-5,7,12-13H,6H2,1-2H3,(H,19,20). The number of aliphatic carboxylic acids is 1. The van der Waals surface area contributed by atoms with Gasteiger partial charge in [-0.15, -0.1) is 0 Å². The quantitative estimate of drug-likeness (QED) is 0.924. The van der Waals surface area contributed by atoms with Gasteiger partial charge in [-0.3, -0.25) is 4.79 Å². The molecule has 1 aliphatic rings. The highest BCUT2D eigenvalue weighted by Gasteiger charge is 2.43. The highest BCUT2D eigenvalue weighted by atomic mass is 35.5. The number of benzene rings is 1. The van der Waals surface area contributed by atoms with Crippen molar-refractivity contribution in [3.05, 3.63) is 33.8 Å². The van der Waals surface area contributed by atoms with Gasteiger partial charge in [0, 0.05) is 16.1 Å². The summed E-state index contributed by atoms with van der Waals surface area (Å²) in [6, 6.07) is 3.82. The van der Waals surface area contributed by atoms with Gasteiger partial charge < -0.3 is 14.7 Å². The SMILES string of the molecule is CC(C)N1C(=O)COC(C(=O)O)C1c1cc(Cl)cc(Cl)c1. The number of halogens is 2. The van der Waals surface area contributed by atoms with Crippen LogP contribution in [0.25, 0.3) is 0 Å². The molecule has 0 spiro atoms. The van der Waals surface area contributed by atoms with Crippen LogP contribution in [0.4, 0.5) is 0 Å². The maximum absolute atomic E-state index is 12.1. The summed E-state index contributed by atoms with van der Waals surface area (Å²) in [5.74, 6) is -1.39. The van der Waals surface area contributed by atoms with E-state index < -0.39 is 18.1 Å². The number of carbonyl (C=O) groups excluding carboxylic acids is 1. The van der Waals surface area contributed by atoms with Crippen LogP contribution in [0.5, 0.6) is 0 Å². The summed E-state index contributed by atoms with van der Waals surface area (Å²) in [7, 11) is 0. The predicted molar refractivity (Wildman–Crippen MR) is 78.6 cm³/mol. The molecule has 0 bridgehead atoms. The van der Waals surface area contributed by atoms with Crippen LogP contribution in [0.3, 0.4) is 0 Å². The molecular formula is C14H15Cl2NO4. The number of amides is 1. The molecule has 1 aliphatic heterocycles. The zero-order valence-electron chi connectivity index (χ0n) is 11.5. The summed E-state index contributed by atoms with van der Waals surface area (Å²) in [6.07, 6.45) is -1.15. The van der Waals surface area contributed by atoms with Gasteiger partial charge in [0.1, 0.15) is 6.61 Å². The second kappa shape index (κ2) is 6.22. The van der Waals surface area contributed by atoms with E-state index >= 15 is 0 Å². The van der Waals surface area contributed by atoms with E-state index in [-0.39, 0.29) is 18.6 Å². The van der Waals surface area contributed by atoms with E-state index in [0.717, 1.165) is 0 Å². The van der Waals surface area contributed by atoms with E-state index in [1.807, 2.05) is 13.8 Å². The first-order valence-corrected chi connectivity index (χ1v) is 7.18. The van der Waals surface area contributed by atoms with Crippen LogP contribution in [-0.4, -0.2) is 40.6 Å². The highest BCUT2D eigenvalue weighted by Crippen LogP contribution is 2.34. The molecule has 1 heterocycles. The normalized spacial score (nSPS) is 22.7. The van der Waals surface area contributed by atoms with Gasteiger partial charge in [0.15, 0.2) is 6.10 Å². The molecule has 7 heteroatoms. The van der Waals surface area contributed by atoms with Gasteiger partial charge in [0.05, 0.1) is 6.04 Å². The molecular weight excluding hydrogens is 317 g/mol. The Morgan fingerprint density at radius 3 is 2.38 bits per heavy atom. The predicted octanol–water partition coefficient (Wildman–Crippen LogP) is 2.75. The molecule has 1 N–H and O–H groups in total. The highest BCUT2D eigenvalue weighted by molar-refractivity contribution is 6.34. The largest absolute Gasteiger partial charge is 0.479 e. The van der Waals surface area contributed by atoms with Crippen molar-refractivity contribution in [3.63, 3.8) is 0 Å². The van der Waals surface area contributed by atoms with Gasteiger partial charge in [0.25, 0.3) is 0 Å². The number of nitrogens with zero attached hydrogens (tertiary/aromatic N) is 1. The van der Waals surface area contributed by atoms with E-state index in [1.165, 1.54) is 4.90 Å². The second-order valence-electron chi connectivity index (χ2n) is 5.11. The smallest absolute Gasteiger partial charge is 0.335 e. The third kappa shape index (κ3) is 3.31. The lowest BCUT2D eigenvalue weighted by Gasteiger charge is -2.42. The van der Waals surface area contributed by atoms with Gasteiger partial charge in [0.2, 0.25) is 5.91 Å². The third-order valence-corrected chi connectivity index (χ3v) is 3.72. The second-order valence-corrected chi connectivity index (χ2v) is 5.99. The van der Waals surface area contributed by atoms with Crippen molar-refractivity contribution in [3.8, 4) is 0 Å². The van der Waals surface area contributed by atoms with Crippen LogP contribution in [-0.2, 0) is 14.3 Å². The molecule has 5 nitrogen and oxygen atoms in total. The number of morpholine rings is 1. The molecule has 21 heavy (non-hydrogen) atoms. The lowest BCUT2D eigenvalue weighted by atomic mass is 9.96. The van der Waals surface area contributed by atoms with Gasteiger partial charge >= 0.3 is 5.97 Å². The lowest BCUT2D eigenvalue weighted by Crippen LogP contribution is -2.54. The minimum atomic E-state index is -1.15. The molecule has 1 aromatic carbocycles. The molecule has 0 saturated carbocycles. The topological polar surface area (TPSA) is 66.8 Å². The third-order valence-electron chi connectivity index (χ3n) is 3.29. The summed E-state index contributed by atoms with van der Waals surface area (Å²) >= 11 is 12.0. The number of ether oxygens (including phenoxy) is 1. The van der Waals surface area contributed by atoms with Gasteiger partial charge in [-0.2, -0.15) is 0 Å². The first-order valence-electron chi connectivity index (χ1n) is 6.43. The maximum atomic E-state index is 12.1. The number of carbonyl (C=O) groups is 2. The molecule has 1 aromatic rings. The van der Waals surface area contributed by atoms with Crippen LogP contribution in [0.2, 0.25) is 10.0 Å². The minimum Gasteiger partial charge on any atom is -0.479 e. The molecule has 2 unspecified atom stereocenters. The molecule has 2 rings (SSSR count). The number of carboxylic acids is 1. The van der Waals surface area contributed by atoms with E-state index in [4.69, 9.17) is 27.9 Å². The van der Waals surface area contributed by atoms with E-state index in [2.05, 4.69) is 0 Å². The van der Waals surface area contributed by atoms with Crippen molar-refractivity contribution in [2.75, 3.05) is 6.61 Å². The van der Waals surface area contributed by atoms with Gasteiger partial charge in [-0.05, 0) is 37.6 Å². The Kier molecular flexibility index (Phi) is 4.76. The Hall–Kier alpha value is -1.30. The van der Waals surface area contributed by atoms with E-state index in [1.54, 1.807) is 18.2 Å². The maximum Gasteiger partial charge on any atom is 0.335 e. The molecule has 1 fully saturated rings. The summed E-state index contributed by atoms with van der Waals surface area (Å²) in [4.78, 5) is 25.1. The van der Waals surface area contributed by atoms with Crippen LogP contribution in [0, 0.1) is 0 Å². The average Bonchev–Trinajstić information content (AvgIpc) is 2.36. The van der Waals surface area contributed by atoms with Crippen LogP contribution in [0.15, 0.2) is 18.2 Å². The van der Waals surface area contributed by atoms with Crippen LogP contribution >= 0.6 is 23.2 Å². The first-order chi connectivity index (χ1) is 9.81. The number of hydrogen-bond acceptors (Lipinski definition) is 3. The summed E-state index contributed by atoms with van der Waals surface area (Å²) in [5.41, 5.74) is 0.543. The molecule has 2 atom stereocenters. The van der Waals surface area contributed by atoms with Crippen molar-refractivity contribution in [2.24, 2.45) is 0 Å². The monoisotopic (exact) mass is 331 g/mol. The van der Waals surface area contributed by atoms with Gasteiger partial charge in [-0.25, -0.2) is 4.79 Å². The molecule has 1 saturated heterocycles. The molecule has 0 aromatic heterocycles. The zero-order chi connectivity index (χ0) is 15.7. The Balaban J connectivity index is 2.53. The van der Waals surface area contributed by atoms with Crippen molar-refractivity contribution in [2.45, 2.75) is 32.0 Å². The fourth-order valence-electron chi connectivity index (χ4n) is 2.52. The minimum absolute atomic E-state index is 0.175. The zero-order valence-corrected chi connectivity index (χ0v) is 13.1. The summed E-state index contributed by atoms with van der Waals surface area (Å²) < 4.78 is 5.20. The Labute approximate surface area is 132 Å². The first kappa shape index (κ1) is 16.1. The molecule has 0 aliphatic carbocycles. The fraction of sp³-hybridized carbons (Fsp3) is 0.429. The molecule has 1 amide bonds. The summed E-state index contributed by atoms with van der Waals surface area (Å²) in [6.45, 7) is 3.39. The van der Waals surface area contributed by atoms with Crippen LogP contribution < -0.4 is 0 Å². The molecule has 114 valence electrons. The van der Waals surface area contributed by atoms with Crippen LogP contribution in [0.1, 0.15) is 25.5 Å². The average molecular weight is 332 g/mol. The van der Waals surface area contributed by atoms with Crippen molar-refractivity contribution < 1.29 is 19.4 Å². The summed E-state index contributed by atoms with van der Waals surface area (Å²) in [5, 5.41) is 10.1. The number of carboxylic acid groups (broad SMARTS) is 1. The van der Waals surface area contributed by atoms with Crippen molar-refractivity contribution in [1.82, 2.24) is 4.90 Å². The molecule has 0 radical (unpaired) electrons. The number of hydrogen-bond donors (Lipinski definition) is 1. The Morgan fingerprint density at radius 2 is 1.90 bits per heavy atom. The lowest BCUT2D eigenvalue weighted by molar-refractivity contribution is -0.175. The van der Waals surface area contributed by atoms with Gasteiger partial charge in [-0.1, -0.05) is 23.2 Å². The Morgan fingerprint density at radius 1 is 1.33 bits per heavy atom. The van der Waals surface area contributed by atoms with E-state index in [9.17, 15) is 14.7 Å².